The molecule has 2 aliphatic rings. The van der Waals surface area contributed by atoms with Crippen molar-refractivity contribution in [3.63, 3.8) is 0 Å². The quantitative estimate of drug-likeness (QED) is 0.584. The molecular formula is C19H19FN6. The zero-order chi connectivity index (χ0) is 17.7. The summed E-state index contributed by atoms with van der Waals surface area (Å²) in [4.78, 5) is 2.21. The first-order chi connectivity index (χ1) is 12.7. The molecule has 0 saturated carbocycles. The Morgan fingerprint density at radius 3 is 2.77 bits per heavy atom. The van der Waals surface area contributed by atoms with Crippen LogP contribution in [0.1, 0.15) is 11.7 Å². The Balaban J connectivity index is 1.51. The second kappa shape index (κ2) is 5.74. The van der Waals surface area contributed by atoms with Gasteiger partial charge in [-0.3, -0.25) is 10.00 Å². The van der Waals surface area contributed by atoms with Gasteiger partial charge in [-0.05, 0) is 24.7 Å². The third-order valence-electron chi connectivity index (χ3n) is 5.12. The molecule has 2 aromatic carbocycles. The predicted octanol–water partition coefficient (Wildman–Crippen LogP) is 2.49. The normalized spacial score (nSPS) is 22.4. The number of aromatic nitrogens is 2. The number of aromatic amines is 1. The minimum absolute atomic E-state index is 0.0523. The van der Waals surface area contributed by atoms with Crippen molar-refractivity contribution in [2.45, 2.75) is 12.3 Å². The lowest BCUT2D eigenvalue weighted by molar-refractivity contribution is 0.150. The van der Waals surface area contributed by atoms with Gasteiger partial charge in [0.05, 0.1) is 17.9 Å². The lowest BCUT2D eigenvalue weighted by atomic mass is 10.0. The molecular weight excluding hydrogens is 331 g/mol. The smallest absolute Gasteiger partial charge is 0.157 e. The number of para-hydroxylation sites is 1. The van der Waals surface area contributed by atoms with Gasteiger partial charge in [-0.25, -0.2) is 4.39 Å². The summed E-state index contributed by atoms with van der Waals surface area (Å²) in [5.74, 6) is 0.344. The number of nitrogens with zero attached hydrogens (tertiary/aromatic N) is 2. The van der Waals surface area contributed by atoms with Crippen LogP contribution in [-0.4, -0.2) is 34.9 Å². The first-order valence-corrected chi connectivity index (χ1v) is 8.62. The number of halogens is 1. The third-order valence-corrected chi connectivity index (χ3v) is 5.12. The maximum absolute atomic E-state index is 13.9. The molecule has 0 aliphatic carbocycles. The molecule has 132 valence electrons. The van der Waals surface area contributed by atoms with Crippen molar-refractivity contribution in [1.29, 1.82) is 0 Å². The van der Waals surface area contributed by atoms with Crippen molar-refractivity contribution < 1.29 is 4.39 Å². The average molecular weight is 350 g/mol. The lowest BCUT2D eigenvalue weighted by Gasteiger charge is -2.47. The highest BCUT2D eigenvalue weighted by Crippen LogP contribution is 2.33. The topological polar surface area (TPSA) is 68.0 Å². The van der Waals surface area contributed by atoms with Gasteiger partial charge in [0, 0.05) is 5.39 Å². The van der Waals surface area contributed by atoms with Crippen LogP contribution >= 0.6 is 0 Å². The van der Waals surface area contributed by atoms with Crippen molar-refractivity contribution in [2.24, 2.45) is 0 Å². The van der Waals surface area contributed by atoms with Crippen LogP contribution in [0.3, 0.4) is 0 Å². The van der Waals surface area contributed by atoms with Crippen LogP contribution < -0.4 is 16.0 Å². The molecule has 6 nitrogen and oxygen atoms in total. The number of benzene rings is 2. The van der Waals surface area contributed by atoms with Crippen molar-refractivity contribution in [2.75, 3.05) is 18.9 Å². The van der Waals surface area contributed by atoms with E-state index in [1.54, 1.807) is 6.07 Å². The standard InChI is InChI=1S/C19H19FN6/c1-26-18(11-6-3-2-4-7-11)22-14-10-21-16(14)19(26)23-17-12-8-5-9-13(20)15(12)24-25-17/h2-9,18-19,21-22H,10H2,1H3,(H2,23,24,25). The number of H-pyrrole nitrogens is 1. The molecule has 0 radical (unpaired) electrons. The maximum atomic E-state index is 13.9. The van der Waals surface area contributed by atoms with Gasteiger partial charge < -0.3 is 16.0 Å². The molecule has 0 amide bonds. The van der Waals surface area contributed by atoms with E-state index in [4.69, 9.17) is 0 Å². The molecule has 2 atom stereocenters. The molecule has 0 saturated heterocycles. The molecule has 3 aromatic rings. The van der Waals surface area contributed by atoms with E-state index < -0.39 is 0 Å². The van der Waals surface area contributed by atoms with E-state index >= 15 is 0 Å². The fraction of sp³-hybridized carbons (Fsp3) is 0.211. The van der Waals surface area contributed by atoms with Crippen LogP contribution in [0.2, 0.25) is 0 Å². The molecule has 2 aliphatic heterocycles. The van der Waals surface area contributed by atoms with Gasteiger partial charge in [0.1, 0.15) is 23.7 Å². The molecule has 0 fully saturated rings. The lowest BCUT2D eigenvalue weighted by Crippen LogP contribution is -2.59. The minimum Gasteiger partial charge on any atom is -0.378 e. The molecule has 7 heteroatoms. The van der Waals surface area contributed by atoms with Crippen LogP contribution in [0.25, 0.3) is 10.9 Å². The summed E-state index contributed by atoms with van der Waals surface area (Å²) in [5, 5.41) is 18.3. The number of hydrogen-bond donors (Lipinski definition) is 4. The van der Waals surface area contributed by atoms with Crippen LogP contribution in [0, 0.1) is 5.82 Å². The van der Waals surface area contributed by atoms with E-state index in [1.165, 1.54) is 17.3 Å². The van der Waals surface area contributed by atoms with Gasteiger partial charge in [-0.1, -0.05) is 36.4 Å². The van der Waals surface area contributed by atoms with E-state index in [1.807, 2.05) is 24.3 Å². The van der Waals surface area contributed by atoms with Crippen molar-refractivity contribution >= 4 is 16.7 Å². The summed E-state index contributed by atoms with van der Waals surface area (Å²) >= 11 is 0. The molecule has 4 N–H and O–H groups in total. The Bertz CT molecular complexity index is 996. The zero-order valence-electron chi connectivity index (χ0n) is 14.3. The number of hydrogen-bond acceptors (Lipinski definition) is 5. The van der Waals surface area contributed by atoms with Gasteiger partial charge in [-0.2, -0.15) is 5.10 Å². The van der Waals surface area contributed by atoms with E-state index in [2.05, 4.69) is 50.2 Å². The second-order valence-electron chi connectivity index (χ2n) is 6.65. The van der Waals surface area contributed by atoms with Gasteiger partial charge in [-0.15, -0.1) is 0 Å². The summed E-state index contributed by atoms with van der Waals surface area (Å²) in [6, 6.07) is 15.3. The van der Waals surface area contributed by atoms with E-state index in [0.717, 1.165) is 17.6 Å². The van der Waals surface area contributed by atoms with Crippen LogP contribution in [0.15, 0.2) is 59.9 Å². The molecule has 26 heavy (non-hydrogen) atoms. The molecule has 2 unspecified atom stereocenters. The summed E-state index contributed by atoms with van der Waals surface area (Å²) in [5.41, 5.74) is 3.91. The number of likely N-dealkylation sites (N-methyl/N-ethyl adjacent to an activating group) is 1. The zero-order valence-corrected chi connectivity index (χ0v) is 14.3. The summed E-state index contributed by atoms with van der Waals surface area (Å²) in [7, 11) is 2.06. The SMILES string of the molecule is CN1C(Nc2n[nH]c3c(F)cccc23)C2=C(CN2)NC1c1ccccc1. The molecule has 3 heterocycles. The Morgan fingerprint density at radius 2 is 2.00 bits per heavy atom. The molecule has 5 rings (SSSR count). The van der Waals surface area contributed by atoms with Crippen LogP contribution in [0.4, 0.5) is 10.2 Å². The first kappa shape index (κ1) is 15.2. The van der Waals surface area contributed by atoms with Gasteiger partial charge in [0.25, 0.3) is 0 Å². The van der Waals surface area contributed by atoms with Crippen LogP contribution in [-0.2, 0) is 0 Å². The third kappa shape index (κ3) is 2.24. The Labute approximate surface area is 150 Å². The van der Waals surface area contributed by atoms with E-state index in [9.17, 15) is 4.39 Å². The largest absolute Gasteiger partial charge is 0.378 e. The molecule has 0 bridgehead atoms. The van der Waals surface area contributed by atoms with Gasteiger partial charge >= 0.3 is 0 Å². The minimum atomic E-state index is -0.300. The Hall–Kier alpha value is -3.06. The fourth-order valence-corrected chi connectivity index (χ4v) is 3.66. The summed E-state index contributed by atoms with van der Waals surface area (Å²) in [6.07, 6.45) is -0.0311. The number of rotatable bonds is 3. The Kier molecular flexibility index (Phi) is 3.36. The van der Waals surface area contributed by atoms with Gasteiger partial charge in [0.2, 0.25) is 0 Å². The Morgan fingerprint density at radius 1 is 1.15 bits per heavy atom. The summed E-state index contributed by atoms with van der Waals surface area (Å²) < 4.78 is 13.9. The van der Waals surface area contributed by atoms with E-state index in [0.29, 0.717) is 11.3 Å². The number of fused-ring (bicyclic) bond motifs is 1. The highest BCUT2D eigenvalue weighted by molar-refractivity contribution is 5.90. The first-order valence-electron chi connectivity index (χ1n) is 8.62. The second-order valence-corrected chi connectivity index (χ2v) is 6.65. The maximum Gasteiger partial charge on any atom is 0.157 e. The number of nitrogens with one attached hydrogen (secondary N) is 4. The monoisotopic (exact) mass is 350 g/mol. The predicted molar refractivity (Wildman–Crippen MR) is 98.6 cm³/mol. The fourth-order valence-electron chi connectivity index (χ4n) is 3.66. The summed E-state index contributed by atoms with van der Waals surface area (Å²) in [6.45, 7) is 0.820. The van der Waals surface area contributed by atoms with E-state index in [-0.39, 0.29) is 18.1 Å². The molecule has 0 spiro atoms. The van der Waals surface area contributed by atoms with Crippen molar-refractivity contribution in [3.8, 4) is 0 Å². The van der Waals surface area contributed by atoms with Crippen molar-refractivity contribution in [3.05, 3.63) is 71.3 Å². The van der Waals surface area contributed by atoms with Crippen molar-refractivity contribution in [1.82, 2.24) is 25.7 Å². The van der Waals surface area contributed by atoms with Crippen LogP contribution in [0.5, 0.6) is 0 Å². The highest BCUT2D eigenvalue weighted by atomic mass is 19.1. The number of anilines is 1. The molecule has 1 aromatic heterocycles. The average Bonchev–Trinajstić information content (AvgIpc) is 3.04. The highest BCUT2D eigenvalue weighted by Gasteiger charge is 2.38. The van der Waals surface area contributed by atoms with Gasteiger partial charge in [0.15, 0.2) is 5.82 Å².